The van der Waals surface area contributed by atoms with E-state index < -0.39 is 0 Å². The molecule has 1 aromatic heterocycles. The Bertz CT molecular complexity index is 428. The Hall–Kier alpha value is -1.62. The Balaban J connectivity index is 1.96. The van der Waals surface area contributed by atoms with Crippen molar-refractivity contribution < 1.29 is 9.53 Å². The maximum absolute atomic E-state index is 11.6. The van der Waals surface area contributed by atoms with E-state index in [1.165, 1.54) is 0 Å². The number of pyridine rings is 1. The summed E-state index contributed by atoms with van der Waals surface area (Å²) in [6.07, 6.45) is 3.12. The first-order valence-corrected chi connectivity index (χ1v) is 6.64. The first-order chi connectivity index (χ1) is 9.16. The number of nitrogens with zero attached hydrogens (tertiary/aromatic N) is 3. The van der Waals surface area contributed by atoms with Gasteiger partial charge in [-0.3, -0.25) is 4.79 Å². The van der Waals surface area contributed by atoms with Gasteiger partial charge in [0.05, 0.1) is 13.2 Å². The van der Waals surface area contributed by atoms with Gasteiger partial charge in [-0.2, -0.15) is 0 Å². The fourth-order valence-electron chi connectivity index (χ4n) is 2.06. The second kappa shape index (κ2) is 6.52. The highest BCUT2D eigenvalue weighted by molar-refractivity contribution is 5.75. The van der Waals surface area contributed by atoms with Gasteiger partial charge in [0.1, 0.15) is 5.82 Å². The van der Waals surface area contributed by atoms with Gasteiger partial charge in [0.2, 0.25) is 5.91 Å². The van der Waals surface area contributed by atoms with Crippen LogP contribution in [0.5, 0.6) is 0 Å². The molecule has 5 nitrogen and oxygen atoms in total. The number of hydrogen-bond donors (Lipinski definition) is 0. The van der Waals surface area contributed by atoms with Crippen molar-refractivity contribution in [2.75, 3.05) is 45.3 Å². The van der Waals surface area contributed by atoms with Crippen molar-refractivity contribution in [1.82, 2.24) is 9.88 Å². The monoisotopic (exact) mass is 263 g/mol. The van der Waals surface area contributed by atoms with Gasteiger partial charge >= 0.3 is 0 Å². The van der Waals surface area contributed by atoms with Crippen LogP contribution >= 0.6 is 0 Å². The van der Waals surface area contributed by atoms with Crippen molar-refractivity contribution >= 4 is 11.7 Å². The molecule has 1 saturated heterocycles. The van der Waals surface area contributed by atoms with Crippen LogP contribution in [0.3, 0.4) is 0 Å². The second-order valence-corrected chi connectivity index (χ2v) is 4.91. The topological polar surface area (TPSA) is 45.7 Å². The summed E-state index contributed by atoms with van der Waals surface area (Å²) in [5.41, 5.74) is 1.16. The molecule has 104 valence electrons. The maximum Gasteiger partial charge on any atom is 0.222 e. The largest absolute Gasteiger partial charge is 0.378 e. The van der Waals surface area contributed by atoms with Gasteiger partial charge in [0.15, 0.2) is 0 Å². The summed E-state index contributed by atoms with van der Waals surface area (Å²) in [5.74, 6) is 1.14. The predicted octanol–water partition coefficient (Wildman–Crippen LogP) is 0.939. The summed E-state index contributed by atoms with van der Waals surface area (Å²) in [4.78, 5) is 19.8. The number of amides is 1. The van der Waals surface area contributed by atoms with E-state index in [0.717, 1.165) is 44.1 Å². The molecule has 0 atom stereocenters. The minimum Gasteiger partial charge on any atom is -0.378 e. The minimum atomic E-state index is 0.157. The molecule has 1 aliphatic heterocycles. The number of aryl methyl sites for hydroxylation is 1. The molecule has 0 unspecified atom stereocenters. The Morgan fingerprint density at radius 3 is 2.84 bits per heavy atom. The highest BCUT2D eigenvalue weighted by atomic mass is 16.5. The lowest BCUT2D eigenvalue weighted by Gasteiger charge is -2.28. The van der Waals surface area contributed by atoms with Gasteiger partial charge in [-0.05, 0) is 24.1 Å². The van der Waals surface area contributed by atoms with E-state index in [9.17, 15) is 4.79 Å². The van der Waals surface area contributed by atoms with Crippen LogP contribution < -0.4 is 4.90 Å². The zero-order valence-corrected chi connectivity index (χ0v) is 11.6. The smallest absolute Gasteiger partial charge is 0.222 e. The maximum atomic E-state index is 11.6. The van der Waals surface area contributed by atoms with Crippen molar-refractivity contribution in [2.24, 2.45) is 0 Å². The van der Waals surface area contributed by atoms with E-state index in [-0.39, 0.29) is 5.91 Å². The average Bonchev–Trinajstić information content (AvgIpc) is 2.46. The van der Waals surface area contributed by atoms with Crippen molar-refractivity contribution in [2.45, 2.75) is 12.8 Å². The molecule has 0 radical (unpaired) electrons. The second-order valence-electron chi connectivity index (χ2n) is 4.91. The molecule has 2 rings (SSSR count). The van der Waals surface area contributed by atoms with E-state index in [1.807, 2.05) is 12.3 Å². The summed E-state index contributed by atoms with van der Waals surface area (Å²) in [6, 6.07) is 4.06. The van der Waals surface area contributed by atoms with Crippen molar-refractivity contribution in [3.63, 3.8) is 0 Å². The lowest BCUT2D eigenvalue weighted by Crippen LogP contribution is -2.36. The Morgan fingerprint density at radius 2 is 2.16 bits per heavy atom. The molecule has 2 heterocycles. The summed E-state index contributed by atoms with van der Waals surface area (Å²) >= 11 is 0. The summed E-state index contributed by atoms with van der Waals surface area (Å²) in [5, 5.41) is 0. The van der Waals surface area contributed by atoms with Gasteiger partial charge in [0.25, 0.3) is 0 Å². The van der Waals surface area contributed by atoms with Crippen LogP contribution in [0, 0.1) is 0 Å². The highest BCUT2D eigenvalue weighted by Crippen LogP contribution is 2.15. The Morgan fingerprint density at radius 1 is 1.42 bits per heavy atom. The third-order valence-electron chi connectivity index (χ3n) is 3.27. The summed E-state index contributed by atoms with van der Waals surface area (Å²) in [6.45, 7) is 3.27. The lowest BCUT2D eigenvalue weighted by molar-refractivity contribution is -0.128. The molecule has 0 saturated carbocycles. The fourth-order valence-corrected chi connectivity index (χ4v) is 2.06. The normalized spacial score (nSPS) is 15.4. The van der Waals surface area contributed by atoms with Crippen LogP contribution in [-0.4, -0.2) is 56.2 Å². The third-order valence-corrected chi connectivity index (χ3v) is 3.27. The van der Waals surface area contributed by atoms with Crippen LogP contribution in [0.1, 0.15) is 12.0 Å². The van der Waals surface area contributed by atoms with E-state index >= 15 is 0 Å². The van der Waals surface area contributed by atoms with E-state index in [1.54, 1.807) is 19.0 Å². The van der Waals surface area contributed by atoms with Gasteiger partial charge in [-0.25, -0.2) is 4.98 Å². The van der Waals surface area contributed by atoms with Crippen LogP contribution in [0.15, 0.2) is 18.3 Å². The summed E-state index contributed by atoms with van der Waals surface area (Å²) in [7, 11) is 3.57. The quantitative estimate of drug-likeness (QED) is 0.811. The van der Waals surface area contributed by atoms with Crippen LogP contribution in [0.2, 0.25) is 0 Å². The number of carbonyl (C=O) groups excluding carboxylic acids is 1. The van der Waals surface area contributed by atoms with Gasteiger partial charge in [-0.1, -0.05) is 0 Å². The van der Waals surface area contributed by atoms with Crippen LogP contribution in [-0.2, 0) is 16.0 Å². The number of rotatable bonds is 4. The molecule has 0 bridgehead atoms. The van der Waals surface area contributed by atoms with E-state index in [4.69, 9.17) is 4.74 Å². The minimum absolute atomic E-state index is 0.157. The van der Waals surface area contributed by atoms with Gasteiger partial charge < -0.3 is 14.5 Å². The summed E-state index contributed by atoms with van der Waals surface area (Å²) < 4.78 is 5.34. The predicted molar refractivity (Wildman–Crippen MR) is 74.3 cm³/mol. The number of morpholine rings is 1. The average molecular weight is 263 g/mol. The fraction of sp³-hybridized carbons (Fsp3) is 0.571. The number of ether oxygens (including phenoxy) is 1. The molecule has 1 aromatic rings. The third kappa shape index (κ3) is 3.92. The molecule has 0 spiro atoms. The first kappa shape index (κ1) is 13.8. The van der Waals surface area contributed by atoms with Gasteiger partial charge in [-0.15, -0.1) is 0 Å². The number of carbonyl (C=O) groups is 1. The van der Waals surface area contributed by atoms with Crippen molar-refractivity contribution in [3.8, 4) is 0 Å². The van der Waals surface area contributed by atoms with Gasteiger partial charge in [0, 0.05) is 39.8 Å². The molecule has 0 aromatic carbocycles. The van der Waals surface area contributed by atoms with Crippen molar-refractivity contribution in [1.29, 1.82) is 0 Å². The molecule has 0 aliphatic carbocycles. The van der Waals surface area contributed by atoms with Crippen LogP contribution in [0.25, 0.3) is 0 Å². The number of aromatic nitrogens is 1. The highest BCUT2D eigenvalue weighted by Gasteiger charge is 2.13. The standard InChI is InChI=1S/C14H21N3O2/c1-16(2)14(18)4-3-12-5-6-15-13(11-12)17-7-9-19-10-8-17/h5-6,11H,3-4,7-10H2,1-2H3. The van der Waals surface area contributed by atoms with Crippen LogP contribution in [0.4, 0.5) is 5.82 Å². The molecular weight excluding hydrogens is 242 g/mol. The zero-order valence-electron chi connectivity index (χ0n) is 11.6. The lowest BCUT2D eigenvalue weighted by atomic mass is 10.1. The molecule has 1 aliphatic rings. The molecule has 5 heteroatoms. The van der Waals surface area contributed by atoms with E-state index in [2.05, 4.69) is 16.0 Å². The SMILES string of the molecule is CN(C)C(=O)CCc1ccnc(N2CCOCC2)c1. The first-order valence-electron chi connectivity index (χ1n) is 6.64. The number of anilines is 1. The molecule has 1 amide bonds. The zero-order chi connectivity index (χ0) is 13.7. The molecule has 19 heavy (non-hydrogen) atoms. The van der Waals surface area contributed by atoms with E-state index in [0.29, 0.717) is 6.42 Å². The molecular formula is C14H21N3O2. The molecule has 0 N–H and O–H groups in total. The Labute approximate surface area is 114 Å². The molecule has 1 fully saturated rings. The number of hydrogen-bond acceptors (Lipinski definition) is 4. The Kier molecular flexibility index (Phi) is 4.74. The van der Waals surface area contributed by atoms with Crippen molar-refractivity contribution in [3.05, 3.63) is 23.9 Å².